The quantitative estimate of drug-likeness (QED) is 0.267. The lowest BCUT2D eigenvalue weighted by Crippen LogP contribution is -1.75. The molecule has 0 saturated carbocycles. The molecule has 0 N–H and O–H groups in total. The van der Waals surface area contributed by atoms with Crippen LogP contribution in [0.2, 0.25) is 5.02 Å². The van der Waals surface area contributed by atoms with E-state index in [1.807, 2.05) is 0 Å². The van der Waals surface area contributed by atoms with Crippen LogP contribution in [0.5, 0.6) is 0 Å². The number of aliphatic imine (C=N–C) groups is 6. The topological polar surface area (TPSA) is 177 Å². The van der Waals surface area contributed by atoms with Crippen molar-refractivity contribution in [1.82, 2.24) is 0 Å². The van der Waals surface area contributed by atoms with Crippen LogP contribution in [0.15, 0.2) is 84.6 Å². The van der Waals surface area contributed by atoms with E-state index >= 15 is 0 Å². The van der Waals surface area contributed by atoms with Gasteiger partial charge >= 0.3 is 0 Å². The van der Waals surface area contributed by atoms with Crippen LogP contribution in [0.4, 0.5) is 34.1 Å². The molecule has 0 saturated heterocycles. The first-order valence-electron chi connectivity index (χ1n) is 10.3. The van der Waals surface area contributed by atoms with Gasteiger partial charge in [-0.2, -0.15) is 30.0 Å². The first kappa shape index (κ1) is 31.3. The van der Waals surface area contributed by atoms with Crippen LogP contribution in [-0.2, 0) is 28.8 Å². The molecule has 13 heteroatoms. The number of hydrogen-bond donors (Lipinski definition) is 0. The van der Waals surface area contributed by atoms with E-state index < -0.39 is 0 Å². The Balaban J connectivity index is 0.000000292. The van der Waals surface area contributed by atoms with E-state index in [2.05, 4.69) is 30.0 Å². The van der Waals surface area contributed by atoms with Crippen molar-refractivity contribution in [2.45, 2.75) is 13.8 Å². The molecule has 12 nitrogen and oxygen atoms in total. The summed E-state index contributed by atoms with van der Waals surface area (Å²) in [6.45, 7) is 3.51. The number of carbonyl (C=O) groups excluding carboxylic acids is 6. The van der Waals surface area contributed by atoms with Gasteiger partial charge in [0.15, 0.2) is 0 Å². The van der Waals surface area contributed by atoms with Crippen LogP contribution < -0.4 is 0 Å². The largest absolute Gasteiger partial charge is 0.240 e. The average molecular weight is 543 g/mol. The van der Waals surface area contributed by atoms with Crippen molar-refractivity contribution in [2.24, 2.45) is 30.0 Å². The lowest BCUT2D eigenvalue weighted by molar-refractivity contribution is 0.564. The Labute approximate surface area is 225 Å². The molecular formula is C26H15ClN6O6. The monoisotopic (exact) mass is 542 g/mol. The summed E-state index contributed by atoms with van der Waals surface area (Å²) < 4.78 is 0. The standard InChI is InChI=1S/2C9H6N2O2.C8H3ClN2O2/c1-7-2-3-8(10-5-12)4-9(7)11-6-13;1-7-8(10-5-12)3-2-4-9(7)11-6-13;9-7-2-1-6(10-4-12)3-8(7)11-5-13/h2*2-4H,1H3;1-3H. The minimum atomic E-state index is 0.230. The van der Waals surface area contributed by atoms with Gasteiger partial charge in [0.25, 0.3) is 0 Å². The summed E-state index contributed by atoms with van der Waals surface area (Å²) >= 11 is 5.66. The van der Waals surface area contributed by atoms with Gasteiger partial charge in [-0.15, -0.1) is 0 Å². The molecule has 0 spiro atoms. The van der Waals surface area contributed by atoms with Crippen molar-refractivity contribution >= 4 is 82.2 Å². The van der Waals surface area contributed by atoms with Crippen LogP contribution in [0.3, 0.4) is 0 Å². The third-order valence-electron chi connectivity index (χ3n) is 4.41. The minimum absolute atomic E-state index is 0.230. The maximum atomic E-state index is 10.00. The maximum absolute atomic E-state index is 10.00. The maximum Gasteiger partial charge on any atom is 0.240 e. The van der Waals surface area contributed by atoms with E-state index in [-0.39, 0.29) is 5.69 Å². The van der Waals surface area contributed by atoms with Crippen molar-refractivity contribution in [3.05, 3.63) is 70.7 Å². The van der Waals surface area contributed by atoms with Crippen molar-refractivity contribution < 1.29 is 28.8 Å². The molecule has 0 aliphatic rings. The molecule has 3 rings (SSSR count). The molecule has 0 aliphatic heterocycles. The summed E-state index contributed by atoms with van der Waals surface area (Å²) in [6, 6.07) is 14.2. The third-order valence-corrected chi connectivity index (χ3v) is 4.73. The lowest BCUT2D eigenvalue weighted by Gasteiger charge is -1.99. The molecule has 0 unspecified atom stereocenters. The molecular weight excluding hydrogens is 528 g/mol. The number of isocyanates is 6. The summed E-state index contributed by atoms with van der Waals surface area (Å²) in [6.07, 6.45) is 8.40. The molecule has 3 aromatic carbocycles. The smallest absolute Gasteiger partial charge is 0.211 e. The van der Waals surface area contributed by atoms with E-state index in [1.165, 1.54) is 60.7 Å². The molecule has 0 atom stereocenters. The molecule has 0 heterocycles. The van der Waals surface area contributed by atoms with Crippen molar-refractivity contribution in [1.29, 1.82) is 0 Å². The molecule has 0 radical (unpaired) electrons. The van der Waals surface area contributed by atoms with Crippen LogP contribution in [0.25, 0.3) is 0 Å². The number of rotatable bonds is 6. The van der Waals surface area contributed by atoms with Crippen molar-refractivity contribution in [3.63, 3.8) is 0 Å². The Kier molecular flexibility index (Phi) is 14.1. The summed E-state index contributed by atoms with van der Waals surface area (Å²) in [5, 5.41) is 0.299. The Morgan fingerprint density at radius 2 is 0.923 bits per heavy atom. The van der Waals surface area contributed by atoms with Gasteiger partial charge in [0.2, 0.25) is 36.5 Å². The van der Waals surface area contributed by atoms with Gasteiger partial charge in [0.1, 0.15) is 0 Å². The van der Waals surface area contributed by atoms with E-state index in [1.54, 1.807) is 44.2 Å². The van der Waals surface area contributed by atoms with Gasteiger partial charge in [0.05, 0.1) is 39.1 Å². The van der Waals surface area contributed by atoms with Gasteiger partial charge in [-0.25, -0.2) is 28.8 Å². The second kappa shape index (κ2) is 17.6. The first-order chi connectivity index (χ1) is 18.8. The van der Waals surface area contributed by atoms with Crippen molar-refractivity contribution in [2.75, 3.05) is 0 Å². The second-order valence-corrected chi connectivity index (χ2v) is 7.15. The predicted octanol–water partition coefficient (Wildman–Crippen LogP) is 6.13. The molecule has 39 heavy (non-hydrogen) atoms. The zero-order valence-corrected chi connectivity index (χ0v) is 21.0. The Morgan fingerprint density at radius 1 is 0.513 bits per heavy atom. The molecule has 3 aromatic rings. The highest BCUT2D eigenvalue weighted by Crippen LogP contribution is 2.29. The highest BCUT2D eigenvalue weighted by Gasteiger charge is 2.01. The first-order valence-corrected chi connectivity index (χ1v) is 10.7. The molecule has 0 aliphatic carbocycles. The van der Waals surface area contributed by atoms with Crippen molar-refractivity contribution in [3.8, 4) is 0 Å². The second-order valence-electron chi connectivity index (χ2n) is 6.75. The number of hydrogen-bond acceptors (Lipinski definition) is 12. The highest BCUT2D eigenvalue weighted by atomic mass is 35.5. The number of aryl methyl sites for hydroxylation is 1. The summed E-state index contributed by atoms with van der Waals surface area (Å²) in [5.74, 6) is 0. The predicted molar refractivity (Wildman–Crippen MR) is 140 cm³/mol. The number of benzene rings is 3. The fourth-order valence-corrected chi connectivity index (χ4v) is 2.76. The molecule has 0 aromatic heterocycles. The number of nitrogens with zero attached hydrogens (tertiary/aromatic N) is 6. The van der Waals surface area contributed by atoms with Crippen LogP contribution in [0.1, 0.15) is 11.1 Å². The highest BCUT2D eigenvalue weighted by molar-refractivity contribution is 6.33. The fourth-order valence-electron chi connectivity index (χ4n) is 2.60. The number of halogens is 1. The zero-order valence-electron chi connectivity index (χ0n) is 20.2. The van der Waals surface area contributed by atoms with E-state index in [0.29, 0.717) is 39.0 Å². The Morgan fingerprint density at radius 3 is 1.41 bits per heavy atom. The summed E-state index contributed by atoms with van der Waals surface area (Å²) in [7, 11) is 0. The van der Waals surface area contributed by atoms with E-state index in [4.69, 9.17) is 11.6 Å². The van der Waals surface area contributed by atoms with Gasteiger partial charge in [0, 0.05) is 5.56 Å². The van der Waals surface area contributed by atoms with Crippen LogP contribution >= 0.6 is 11.6 Å². The Bertz CT molecular complexity index is 1480. The zero-order chi connectivity index (χ0) is 29.0. The van der Waals surface area contributed by atoms with Gasteiger partial charge in [-0.1, -0.05) is 23.7 Å². The normalized spacial score (nSPS) is 8.38. The summed E-state index contributed by atoms with van der Waals surface area (Å²) in [4.78, 5) is 80.2. The molecule has 0 bridgehead atoms. The van der Waals surface area contributed by atoms with Gasteiger partial charge in [-0.3, -0.25) is 0 Å². The average Bonchev–Trinajstić information content (AvgIpc) is 2.92. The fraction of sp³-hybridized carbons (Fsp3) is 0.0769. The third kappa shape index (κ3) is 10.8. The molecule has 0 fully saturated rings. The van der Waals surface area contributed by atoms with E-state index in [9.17, 15) is 28.8 Å². The minimum Gasteiger partial charge on any atom is -0.211 e. The van der Waals surface area contributed by atoms with Crippen LogP contribution in [0, 0.1) is 13.8 Å². The molecule has 0 amide bonds. The summed E-state index contributed by atoms with van der Waals surface area (Å²) in [5.41, 5.74) is 3.88. The lowest BCUT2D eigenvalue weighted by atomic mass is 10.1. The Hall–Kier alpha value is -5.77. The SMILES string of the molecule is Cc1c(N=C=O)cccc1N=C=O.Cc1ccc(N=C=O)cc1N=C=O.O=C=Nc1ccc(Cl)c(N=C=O)c1. The van der Waals surface area contributed by atoms with Crippen LogP contribution in [-0.4, -0.2) is 36.5 Å². The van der Waals surface area contributed by atoms with Gasteiger partial charge < -0.3 is 0 Å². The molecule has 192 valence electrons. The van der Waals surface area contributed by atoms with Gasteiger partial charge in [-0.05, 0) is 61.9 Å². The van der Waals surface area contributed by atoms with E-state index in [0.717, 1.165) is 5.56 Å².